The zero-order chi connectivity index (χ0) is 26.5. The van der Waals surface area contributed by atoms with E-state index in [1.54, 1.807) is 25.1 Å². The highest BCUT2D eigenvalue weighted by Crippen LogP contribution is 2.33. The summed E-state index contributed by atoms with van der Waals surface area (Å²) in [4.78, 5) is 24.8. The Morgan fingerprint density at radius 1 is 0.921 bits per heavy atom. The zero-order valence-corrected chi connectivity index (χ0v) is 21.3. The van der Waals surface area contributed by atoms with Gasteiger partial charge in [-0.2, -0.15) is 0 Å². The predicted molar refractivity (Wildman–Crippen MR) is 150 cm³/mol. The van der Waals surface area contributed by atoms with Gasteiger partial charge in [0.25, 0.3) is 0 Å². The number of carbonyl (C=O) groups excluding carboxylic acids is 1. The summed E-state index contributed by atoms with van der Waals surface area (Å²) in [6, 6.07) is 29.4. The highest BCUT2D eigenvalue weighted by atomic mass is 35.5. The molecule has 0 aliphatic heterocycles. The molecule has 1 aromatic heterocycles. The van der Waals surface area contributed by atoms with E-state index in [1.165, 1.54) is 12.1 Å². The lowest BCUT2D eigenvalue weighted by Crippen LogP contribution is -2.06. The lowest BCUT2D eigenvalue weighted by molar-refractivity contribution is -0.128. The van der Waals surface area contributed by atoms with E-state index in [4.69, 9.17) is 25.5 Å². The second-order valence-corrected chi connectivity index (χ2v) is 9.02. The highest BCUT2D eigenvalue weighted by molar-refractivity contribution is 6.31. The third-order valence-electron chi connectivity index (χ3n) is 6.05. The number of rotatable bonds is 7. The van der Waals surface area contributed by atoms with Crippen LogP contribution in [0, 0.1) is 6.92 Å². The highest BCUT2D eigenvalue weighted by Gasteiger charge is 2.14. The number of hydrogen-bond donors (Lipinski definition) is 0. The molecule has 0 fully saturated rings. The average Bonchev–Trinajstić information content (AvgIpc) is 2.94. The zero-order valence-electron chi connectivity index (χ0n) is 20.5. The van der Waals surface area contributed by atoms with Crippen molar-refractivity contribution in [1.82, 2.24) is 0 Å². The van der Waals surface area contributed by atoms with Gasteiger partial charge in [-0.05, 0) is 60.0 Å². The van der Waals surface area contributed by atoms with Gasteiger partial charge in [0.2, 0.25) is 0 Å². The van der Waals surface area contributed by atoms with Crippen LogP contribution in [0.3, 0.4) is 0 Å². The van der Waals surface area contributed by atoms with E-state index in [-0.39, 0.29) is 0 Å². The fraction of sp³-hybridized carbons (Fsp3) is 0.0625. The van der Waals surface area contributed by atoms with E-state index in [0.717, 1.165) is 27.6 Å². The molecule has 5 aromatic rings. The molecule has 0 saturated carbocycles. The molecule has 188 valence electrons. The number of esters is 1. The van der Waals surface area contributed by atoms with Gasteiger partial charge in [0, 0.05) is 33.7 Å². The molecule has 6 heteroatoms. The van der Waals surface area contributed by atoms with Gasteiger partial charge in [-0.25, -0.2) is 9.59 Å². The summed E-state index contributed by atoms with van der Waals surface area (Å²) in [5.41, 5.74) is 3.86. The van der Waals surface area contributed by atoms with Crippen molar-refractivity contribution < 1.29 is 18.7 Å². The Bertz CT molecular complexity index is 1690. The first-order valence-corrected chi connectivity index (χ1v) is 12.3. The third kappa shape index (κ3) is 5.69. The molecule has 0 aliphatic carbocycles. The number of fused-ring (bicyclic) bond motifs is 1. The van der Waals surface area contributed by atoms with Crippen LogP contribution in [0.4, 0.5) is 0 Å². The van der Waals surface area contributed by atoms with Crippen LogP contribution in [-0.2, 0) is 11.4 Å². The normalized spacial score (nSPS) is 11.1. The molecule has 0 unspecified atom stereocenters. The molecule has 5 nitrogen and oxygen atoms in total. The van der Waals surface area contributed by atoms with Gasteiger partial charge in [-0.15, -0.1) is 0 Å². The standard InChI is InChI=1S/C32H23ClO5/c1-21-29(17-16-26-27(19-31(35)38-32(21)26)23-7-3-2-4-8-23)37-30(34)18-13-22-11-14-25(15-12-22)36-20-24-9-5-6-10-28(24)33/h2-19H,20H2,1H3/b18-13+. The Morgan fingerprint density at radius 2 is 1.66 bits per heavy atom. The van der Waals surface area contributed by atoms with E-state index in [9.17, 15) is 9.59 Å². The SMILES string of the molecule is Cc1c(OC(=O)/C=C/c2ccc(OCc3ccccc3Cl)cc2)ccc2c(-c3ccccc3)cc(=O)oc12. The van der Waals surface area contributed by atoms with Gasteiger partial charge in [-0.1, -0.05) is 72.3 Å². The van der Waals surface area contributed by atoms with Gasteiger partial charge in [0.1, 0.15) is 23.7 Å². The molecule has 1 heterocycles. The number of ether oxygens (including phenoxy) is 2. The fourth-order valence-electron chi connectivity index (χ4n) is 4.07. The van der Waals surface area contributed by atoms with Crippen molar-refractivity contribution in [3.05, 3.63) is 135 Å². The fourth-order valence-corrected chi connectivity index (χ4v) is 4.26. The van der Waals surface area contributed by atoms with Crippen LogP contribution in [-0.4, -0.2) is 5.97 Å². The van der Waals surface area contributed by atoms with Crippen molar-refractivity contribution in [1.29, 1.82) is 0 Å². The van der Waals surface area contributed by atoms with Crippen LogP contribution < -0.4 is 15.1 Å². The minimum atomic E-state index is -0.548. The lowest BCUT2D eigenvalue weighted by Gasteiger charge is -2.11. The average molecular weight is 523 g/mol. The van der Waals surface area contributed by atoms with Crippen LogP contribution >= 0.6 is 11.6 Å². The number of hydrogen-bond acceptors (Lipinski definition) is 5. The maximum Gasteiger partial charge on any atom is 0.336 e. The number of halogens is 1. The van der Waals surface area contributed by atoms with E-state index in [2.05, 4.69) is 0 Å². The van der Waals surface area contributed by atoms with Crippen molar-refractivity contribution in [3.8, 4) is 22.6 Å². The quantitative estimate of drug-likeness (QED) is 0.0951. The monoisotopic (exact) mass is 522 g/mol. The molecule has 0 N–H and O–H groups in total. The maximum absolute atomic E-state index is 12.5. The van der Waals surface area contributed by atoms with E-state index in [0.29, 0.717) is 34.3 Å². The molecular weight excluding hydrogens is 500 g/mol. The lowest BCUT2D eigenvalue weighted by atomic mass is 10.0. The maximum atomic E-state index is 12.5. The van der Waals surface area contributed by atoms with Crippen molar-refractivity contribution in [3.63, 3.8) is 0 Å². The minimum absolute atomic E-state index is 0.323. The molecule has 0 spiro atoms. The second kappa shape index (κ2) is 11.2. The second-order valence-electron chi connectivity index (χ2n) is 8.61. The Hall–Kier alpha value is -4.61. The van der Waals surface area contributed by atoms with Crippen molar-refractivity contribution in [2.45, 2.75) is 13.5 Å². The summed E-state index contributed by atoms with van der Waals surface area (Å²) in [6.45, 7) is 2.12. The first kappa shape index (κ1) is 25.1. The number of benzene rings is 4. The van der Waals surface area contributed by atoms with Crippen LogP contribution in [0.1, 0.15) is 16.7 Å². The van der Waals surface area contributed by atoms with Crippen LogP contribution in [0.25, 0.3) is 28.2 Å². The van der Waals surface area contributed by atoms with E-state index >= 15 is 0 Å². The number of aryl methyl sites for hydroxylation is 1. The largest absolute Gasteiger partial charge is 0.489 e. The summed E-state index contributed by atoms with van der Waals surface area (Å²) in [5.74, 6) is 0.463. The molecule has 0 bridgehead atoms. The summed E-state index contributed by atoms with van der Waals surface area (Å²) in [7, 11) is 0. The molecule has 0 amide bonds. The first-order chi connectivity index (χ1) is 18.5. The van der Waals surface area contributed by atoms with Gasteiger partial charge >= 0.3 is 11.6 Å². The molecule has 5 rings (SSSR count). The summed E-state index contributed by atoms with van der Waals surface area (Å²) < 4.78 is 16.8. The minimum Gasteiger partial charge on any atom is -0.489 e. The molecule has 0 radical (unpaired) electrons. The topological polar surface area (TPSA) is 65.7 Å². The van der Waals surface area contributed by atoms with Gasteiger partial charge in [0.05, 0.1) is 0 Å². The molecule has 0 saturated heterocycles. The van der Waals surface area contributed by atoms with Crippen molar-refractivity contribution in [2.75, 3.05) is 0 Å². The Kier molecular flexibility index (Phi) is 7.38. The van der Waals surface area contributed by atoms with Crippen LogP contribution in [0.15, 0.2) is 112 Å². The molecular formula is C32H23ClO5. The summed E-state index contributed by atoms with van der Waals surface area (Å²) >= 11 is 6.17. The van der Waals surface area contributed by atoms with Crippen LogP contribution in [0.2, 0.25) is 5.02 Å². The Morgan fingerprint density at radius 3 is 2.42 bits per heavy atom. The van der Waals surface area contributed by atoms with Gasteiger partial charge in [0.15, 0.2) is 0 Å². The Labute approximate surface area is 224 Å². The van der Waals surface area contributed by atoms with Crippen molar-refractivity contribution >= 4 is 34.6 Å². The summed E-state index contributed by atoms with van der Waals surface area (Å²) in [5, 5.41) is 1.42. The summed E-state index contributed by atoms with van der Waals surface area (Å²) in [6.07, 6.45) is 3.00. The smallest absolute Gasteiger partial charge is 0.336 e. The van der Waals surface area contributed by atoms with Crippen LogP contribution in [0.5, 0.6) is 11.5 Å². The number of carbonyl (C=O) groups is 1. The first-order valence-electron chi connectivity index (χ1n) is 12.0. The molecule has 0 atom stereocenters. The third-order valence-corrected chi connectivity index (χ3v) is 6.42. The van der Waals surface area contributed by atoms with E-state index < -0.39 is 11.6 Å². The van der Waals surface area contributed by atoms with E-state index in [1.807, 2.05) is 78.9 Å². The molecule has 0 aliphatic rings. The predicted octanol–water partition coefficient (Wildman–Crippen LogP) is 7.62. The molecule has 4 aromatic carbocycles. The van der Waals surface area contributed by atoms with Gasteiger partial charge < -0.3 is 13.9 Å². The Balaban J connectivity index is 1.28. The van der Waals surface area contributed by atoms with Crippen molar-refractivity contribution in [2.24, 2.45) is 0 Å². The van der Waals surface area contributed by atoms with Gasteiger partial charge in [-0.3, -0.25) is 0 Å². The molecule has 38 heavy (non-hydrogen) atoms.